The van der Waals surface area contributed by atoms with Crippen molar-refractivity contribution in [2.75, 3.05) is 0 Å². The lowest BCUT2D eigenvalue weighted by atomic mass is 10.0. The van der Waals surface area contributed by atoms with Gasteiger partial charge in [-0.05, 0) is 30.0 Å². The summed E-state index contributed by atoms with van der Waals surface area (Å²) in [6, 6.07) is 6.59. The van der Waals surface area contributed by atoms with E-state index in [1.807, 2.05) is 0 Å². The van der Waals surface area contributed by atoms with Crippen LogP contribution in [0, 0.1) is 5.92 Å². The Balaban J connectivity index is 1.94. The van der Waals surface area contributed by atoms with Gasteiger partial charge >= 0.3 is 6.61 Å². The first-order valence-corrected chi connectivity index (χ1v) is 5.45. The van der Waals surface area contributed by atoms with Crippen LogP contribution in [0.4, 0.5) is 8.78 Å². The standard InChI is InChI=1S/C12H15F2NO/c13-12(14)16-10-5-3-9(4-6-10)11(15)7-8-1-2-8/h3-6,8,11-12H,1-2,7,15H2/t11-/m1/s1. The molecule has 1 atom stereocenters. The molecule has 0 radical (unpaired) electrons. The molecule has 0 amide bonds. The van der Waals surface area contributed by atoms with Crippen LogP contribution in [0.3, 0.4) is 0 Å². The SMILES string of the molecule is N[C@H](CC1CC1)c1ccc(OC(F)F)cc1. The fourth-order valence-corrected chi connectivity index (χ4v) is 1.75. The highest BCUT2D eigenvalue weighted by atomic mass is 19.3. The first kappa shape index (κ1) is 11.3. The predicted molar refractivity (Wildman–Crippen MR) is 57.3 cm³/mol. The average Bonchev–Trinajstić information content (AvgIpc) is 3.01. The van der Waals surface area contributed by atoms with Gasteiger partial charge in [-0.1, -0.05) is 25.0 Å². The highest BCUT2D eigenvalue weighted by molar-refractivity contribution is 5.29. The van der Waals surface area contributed by atoms with Gasteiger partial charge in [0, 0.05) is 6.04 Å². The first-order chi connectivity index (χ1) is 7.65. The summed E-state index contributed by atoms with van der Waals surface area (Å²) in [5, 5.41) is 0. The zero-order valence-corrected chi connectivity index (χ0v) is 8.90. The van der Waals surface area contributed by atoms with E-state index in [1.165, 1.54) is 25.0 Å². The number of rotatable bonds is 5. The van der Waals surface area contributed by atoms with Gasteiger partial charge in [-0.3, -0.25) is 0 Å². The normalized spacial score (nSPS) is 17.5. The van der Waals surface area contributed by atoms with Crippen molar-refractivity contribution >= 4 is 0 Å². The van der Waals surface area contributed by atoms with Crippen molar-refractivity contribution in [3.05, 3.63) is 29.8 Å². The summed E-state index contributed by atoms with van der Waals surface area (Å²) in [6.07, 6.45) is 3.51. The first-order valence-electron chi connectivity index (χ1n) is 5.45. The molecule has 0 unspecified atom stereocenters. The summed E-state index contributed by atoms with van der Waals surface area (Å²) in [4.78, 5) is 0. The second-order valence-corrected chi connectivity index (χ2v) is 4.23. The number of ether oxygens (including phenoxy) is 1. The van der Waals surface area contributed by atoms with E-state index in [1.54, 1.807) is 12.1 Å². The lowest BCUT2D eigenvalue weighted by molar-refractivity contribution is -0.0498. The molecule has 1 aliphatic carbocycles. The Morgan fingerprint density at radius 3 is 2.38 bits per heavy atom. The third kappa shape index (κ3) is 3.17. The van der Waals surface area contributed by atoms with Crippen LogP contribution >= 0.6 is 0 Å². The van der Waals surface area contributed by atoms with Gasteiger partial charge in [0.25, 0.3) is 0 Å². The zero-order chi connectivity index (χ0) is 11.5. The van der Waals surface area contributed by atoms with Crippen LogP contribution in [0.2, 0.25) is 0 Å². The Morgan fingerprint density at radius 2 is 1.88 bits per heavy atom. The summed E-state index contributed by atoms with van der Waals surface area (Å²) in [6.45, 7) is -2.77. The number of nitrogens with two attached hydrogens (primary N) is 1. The van der Waals surface area contributed by atoms with E-state index >= 15 is 0 Å². The number of hydrogen-bond acceptors (Lipinski definition) is 2. The highest BCUT2D eigenvalue weighted by Gasteiger charge is 2.24. The summed E-state index contributed by atoms with van der Waals surface area (Å²) in [5.41, 5.74) is 6.98. The summed E-state index contributed by atoms with van der Waals surface area (Å²) >= 11 is 0. The number of hydrogen-bond donors (Lipinski definition) is 1. The van der Waals surface area contributed by atoms with E-state index in [-0.39, 0.29) is 11.8 Å². The molecule has 0 bridgehead atoms. The third-order valence-electron chi connectivity index (χ3n) is 2.82. The topological polar surface area (TPSA) is 35.2 Å². The van der Waals surface area contributed by atoms with Crippen molar-refractivity contribution in [3.63, 3.8) is 0 Å². The quantitative estimate of drug-likeness (QED) is 0.838. The van der Waals surface area contributed by atoms with Crippen molar-refractivity contribution in [3.8, 4) is 5.75 Å². The van der Waals surface area contributed by atoms with Crippen LogP contribution in [0.5, 0.6) is 5.75 Å². The molecule has 2 rings (SSSR count). The van der Waals surface area contributed by atoms with E-state index in [0.29, 0.717) is 0 Å². The smallest absolute Gasteiger partial charge is 0.387 e. The van der Waals surface area contributed by atoms with Gasteiger partial charge in [0.1, 0.15) is 5.75 Å². The van der Waals surface area contributed by atoms with Crippen molar-refractivity contribution in [2.45, 2.75) is 31.9 Å². The molecule has 4 heteroatoms. The summed E-state index contributed by atoms with van der Waals surface area (Å²) < 4.78 is 28.1. The van der Waals surface area contributed by atoms with Gasteiger partial charge in [0.2, 0.25) is 0 Å². The minimum absolute atomic E-state index is 0.00750. The van der Waals surface area contributed by atoms with Crippen LogP contribution < -0.4 is 10.5 Å². The van der Waals surface area contributed by atoms with Gasteiger partial charge in [-0.15, -0.1) is 0 Å². The van der Waals surface area contributed by atoms with Gasteiger partial charge in [-0.25, -0.2) is 0 Å². The molecule has 0 aromatic heterocycles. The van der Waals surface area contributed by atoms with E-state index in [4.69, 9.17) is 5.73 Å². The Kier molecular flexibility index (Phi) is 3.39. The summed E-state index contributed by atoms with van der Waals surface area (Å²) in [5.74, 6) is 0.935. The maximum absolute atomic E-state index is 11.9. The van der Waals surface area contributed by atoms with E-state index in [9.17, 15) is 8.78 Å². The molecule has 16 heavy (non-hydrogen) atoms. The minimum atomic E-state index is -2.77. The number of benzene rings is 1. The third-order valence-corrected chi connectivity index (χ3v) is 2.82. The van der Waals surface area contributed by atoms with Gasteiger partial charge in [-0.2, -0.15) is 8.78 Å². The molecule has 88 valence electrons. The Labute approximate surface area is 93.4 Å². The molecule has 1 aromatic carbocycles. The van der Waals surface area contributed by atoms with Gasteiger partial charge < -0.3 is 10.5 Å². The molecule has 1 aliphatic rings. The zero-order valence-electron chi connectivity index (χ0n) is 8.90. The Hall–Kier alpha value is -1.16. The molecule has 2 nitrogen and oxygen atoms in total. The van der Waals surface area contributed by atoms with Crippen molar-refractivity contribution in [1.82, 2.24) is 0 Å². The number of halogens is 2. The molecule has 1 aromatic rings. The Morgan fingerprint density at radius 1 is 1.25 bits per heavy atom. The molecular formula is C12H15F2NO. The largest absolute Gasteiger partial charge is 0.435 e. The second-order valence-electron chi connectivity index (χ2n) is 4.23. The molecule has 1 fully saturated rings. The van der Waals surface area contributed by atoms with Crippen LogP contribution in [-0.4, -0.2) is 6.61 Å². The molecular weight excluding hydrogens is 212 g/mol. The lowest BCUT2D eigenvalue weighted by Gasteiger charge is -2.12. The molecule has 0 spiro atoms. The van der Waals surface area contributed by atoms with Crippen molar-refractivity contribution in [2.24, 2.45) is 11.7 Å². The highest BCUT2D eigenvalue weighted by Crippen LogP contribution is 2.36. The predicted octanol–water partition coefficient (Wildman–Crippen LogP) is 3.09. The lowest BCUT2D eigenvalue weighted by Crippen LogP contribution is -2.11. The maximum Gasteiger partial charge on any atom is 0.387 e. The van der Waals surface area contributed by atoms with Crippen LogP contribution in [0.25, 0.3) is 0 Å². The molecule has 0 aliphatic heterocycles. The van der Waals surface area contributed by atoms with Crippen molar-refractivity contribution in [1.29, 1.82) is 0 Å². The average molecular weight is 227 g/mol. The maximum atomic E-state index is 11.9. The van der Waals surface area contributed by atoms with Crippen molar-refractivity contribution < 1.29 is 13.5 Å². The summed E-state index contributed by atoms with van der Waals surface area (Å²) in [7, 11) is 0. The van der Waals surface area contributed by atoms with Gasteiger partial charge in [0.05, 0.1) is 0 Å². The fraction of sp³-hybridized carbons (Fsp3) is 0.500. The van der Waals surface area contributed by atoms with Gasteiger partial charge in [0.15, 0.2) is 0 Å². The van der Waals surface area contributed by atoms with Crippen LogP contribution in [0.1, 0.15) is 30.9 Å². The molecule has 1 saturated carbocycles. The second kappa shape index (κ2) is 4.78. The molecule has 0 saturated heterocycles. The van der Waals surface area contributed by atoms with Crippen LogP contribution in [0.15, 0.2) is 24.3 Å². The monoisotopic (exact) mass is 227 g/mol. The molecule has 2 N–H and O–H groups in total. The molecule has 0 heterocycles. The fourth-order valence-electron chi connectivity index (χ4n) is 1.75. The number of alkyl halides is 2. The van der Waals surface area contributed by atoms with E-state index < -0.39 is 6.61 Å². The minimum Gasteiger partial charge on any atom is -0.435 e. The van der Waals surface area contributed by atoms with E-state index in [2.05, 4.69) is 4.74 Å². The van der Waals surface area contributed by atoms with E-state index in [0.717, 1.165) is 17.9 Å². The Bertz CT molecular complexity index is 335. The van der Waals surface area contributed by atoms with Crippen LogP contribution in [-0.2, 0) is 0 Å².